The molecule has 0 amide bonds. The normalized spacial score (nSPS) is 13.2. The first-order valence-electron chi connectivity index (χ1n) is 1.95. The van der Waals surface area contributed by atoms with Crippen molar-refractivity contribution in [3.8, 4) is 0 Å². The van der Waals surface area contributed by atoms with Gasteiger partial charge in [-0.05, 0) is 0 Å². The number of aliphatic hydroxyl groups excluding tert-OH is 1. The van der Waals surface area contributed by atoms with Gasteiger partial charge in [-0.3, -0.25) is 4.79 Å². The molecule has 0 fully saturated rings. The minimum atomic E-state index is -1.28. The third kappa shape index (κ3) is 1.87. The zero-order chi connectivity index (χ0) is 6.57. The molecule has 0 radical (unpaired) electrons. The highest BCUT2D eigenvalue weighted by molar-refractivity contribution is 5.73. The van der Waals surface area contributed by atoms with Crippen LogP contribution in [0.15, 0.2) is 0 Å². The summed E-state index contributed by atoms with van der Waals surface area (Å²) < 4.78 is 0. The summed E-state index contributed by atoms with van der Waals surface area (Å²) in [6, 6.07) is -1.27. The van der Waals surface area contributed by atoms with Gasteiger partial charge in [-0.15, -0.1) is 0 Å². The molecule has 1 atom stereocenters. The van der Waals surface area contributed by atoms with Gasteiger partial charge in [0.25, 0.3) is 0 Å². The maximum Gasteiger partial charge on any atom is 0.325 e. The van der Waals surface area contributed by atoms with Crippen molar-refractivity contribution in [1.82, 2.24) is 5.48 Å². The summed E-state index contributed by atoms with van der Waals surface area (Å²) in [5, 5.41) is 24.0. The molecule has 0 aliphatic heterocycles. The first-order chi connectivity index (χ1) is 3.72. The summed E-state index contributed by atoms with van der Waals surface area (Å²) in [5.74, 6) is -1.28. The molecular formula is C3H7NO4. The second-order valence-electron chi connectivity index (χ2n) is 1.20. The maximum atomic E-state index is 9.78. The third-order valence-electron chi connectivity index (χ3n) is 0.637. The standard InChI is InChI=1S/C3H7NO4/c5-1-2(4-8)3(6)7/h2,4-5,8H,1H2,(H,6,7)/t2-/m0/s1. The van der Waals surface area contributed by atoms with Gasteiger partial charge >= 0.3 is 5.97 Å². The molecule has 8 heavy (non-hydrogen) atoms. The monoisotopic (exact) mass is 121 g/mol. The van der Waals surface area contributed by atoms with E-state index in [-0.39, 0.29) is 0 Å². The van der Waals surface area contributed by atoms with Crippen LogP contribution in [0, 0.1) is 0 Å². The van der Waals surface area contributed by atoms with Gasteiger partial charge in [0, 0.05) is 0 Å². The minimum absolute atomic E-state index is 0.619. The summed E-state index contributed by atoms with van der Waals surface area (Å²) in [5.41, 5.74) is 1.40. The fourth-order valence-corrected chi connectivity index (χ4v) is 0.174. The van der Waals surface area contributed by atoms with Crippen molar-refractivity contribution in [3.63, 3.8) is 0 Å². The number of carbonyl (C=O) groups is 1. The Morgan fingerprint density at radius 1 is 1.75 bits per heavy atom. The molecule has 0 spiro atoms. The molecular weight excluding hydrogens is 114 g/mol. The Morgan fingerprint density at radius 2 is 2.25 bits per heavy atom. The second kappa shape index (κ2) is 3.36. The maximum absolute atomic E-state index is 9.78. The molecule has 0 aromatic rings. The predicted octanol–water partition coefficient (Wildman–Crippen LogP) is -1.59. The number of hydroxylamine groups is 1. The smallest absolute Gasteiger partial charge is 0.325 e. The fraction of sp³-hybridized carbons (Fsp3) is 0.667. The van der Waals surface area contributed by atoms with Crippen molar-refractivity contribution in [2.75, 3.05) is 6.61 Å². The Bertz CT molecular complexity index is 79.4. The van der Waals surface area contributed by atoms with Gasteiger partial charge in [0.1, 0.15) is 0 Å². The van der Waals surface area contributed by atoms with Crippen molar-refractivity contribution >= 4 is 5.97 Å². The van der Waals surface area contributed by atoms with E-state index in [1.165, 1.54) is 5.48 Å². The van der Waals surface area contributed by atoms with E-state index in [2.05, 4.69) is 0 Å². The molecule has 0 aromatic heterocycles. The first kappa shape index (κ1) is 7.35. The van der Waals surface area contributed by atoms with Gasteiger partial charge in [0.05, 0.1) is 6.61 Å². The molecule has 48 valence electrons. The number of aliphatic carboxylic acids is 1. The van der Waals surface area contributed by atoms with Crippen LogP contribution < -0.4 is 5.48 Å². The van der Waals surface area contributed by atoms with Crippen LogP contribution >= 0.6 is 0 Å². The summed E-state index contributed by atoms with van der Waals surface area (Å²) in [4.78, 5) is 9.78. The quantitative estimate of drug-likeness (QED) is 0.338. The third-order valence-corrected chi connectivity index (χ3v) is 0.637. The number of carboxylic acid groups (broad SMARTS) is 1. The Kier molecular flexibility index (Phi) is 3.09. The molecule has 0 saturated carbocycles. The highest BCUT2D eigenvalue weighted by atomic mass is 16.5. The fourth-order valence-electron chi connectivity index (χ4n) is 0.174. The lowest BCUT2D eigenvalue weighted by atomic mass is 10.3. The molecule has 5 heteroatoms. The van der Waals surface area contributed by atoms with Crippen molar-refractivity contribution in [2.24, 2.45) is 0 Å². The Balaban J connectivity index is 3.52. The summed E-state index contributed by atoms with van der Waals surface area (Å²) in [7, 11) is 0. The first-order valence-corrected chi connectivity index (χ1v) is 1.95. The molecule has 0 aromatic carbocycles. The Morgan fingerprint density at radius 3 is 2.25 bits per heavy atom. The van der Waals surface area contributed by atoms with Crippen LogP contribution in [0.5, 0.6) is 0 Å². The van der Waals surface area contributed by atoms with Gasteiger partial charge in [-0.2, -0.15) is 5.48 Å². The van der Waals surface area contributed by atoms with Crippen LogP contribution in [0.4, 0.5) is 0 Å². The summed E-state index contributed by atoms with van der Waals surface area (Å²) >= 11 is 0. The van der Waals surface area contributed by atoms with Gasteiger partial charge in [0.2, 0.25) is 0 Å². The number of hydrogen-bond acceptors (Lipinski definition) is 4. The van der Waals surface area contributed by atoms with Crippen molar-refractivity contribution in [2.45, 2.75) is 6.04 Å². The van der Waals surface area contributed by atoms with E-state index in [1.54, 1.807) is 0 Å². The van der Waals surface area contributed by atoms with E-state index in [0.717, 1.165) is 0 Å². The van der Waals surface area contributed by atoms with E-state index in [9.17, 15) is 4.79 Å². The molecule has 0 rings (SSSR count). The number of carboxylic acids is 1. The van der Waals surface area contributed by atoms with E-state index < -0.39 is 18.6 Å². The SMILES string of the molecule is O=C(O)[C@H](CO)NO. The molecule has 0 heterocycles. The van der Waals surface area contributed by atoms with Crippen LogP contribution in [0.3, 0.4) is 0 Å². The van der Waals surface area contributed by atoms with Crippen molar-refractivity contribution in [1.29, 1.82) is 0 Å². The lowest BCUT2D eigenvalue weighted by Gasteiger charge is -2.02. The van der Waals surface area contributed by atoms with Gasteiger partial charge < -0.3 is 15.4 Å². The van der Waals surface area contributed by atoms with E-state index in [1.807, 2.05) is 0 Å². The lowest BCUT2D eigenvalue weighted by molar-refractivity contribution is -0.143. The molecule has 0 saturated heterocycles. The zero-order valence-corrected chi connectivity index (χ0v) is 4.03. The molecule has 5 nitrogen and oxygen atoms in total. The molecule has 0 aliphatic carbocycles. The Labute approximate surface area is 45.5 Å². The minimum Gasteiger partial charge on any atom is -0.480 e. The van der Waals surface area contributed by atoms with E-state index >= 15 is 0 Å². The highest BCUT2D eigenvalue weighted by Gasteiger charge is 2.12. The van der Waals surface area contributed by atoms with Crippen molar-refractivity contribution < 1.29 is 20.2 Å². The van der Waals surface area contributed by atoms with E-state index in [0.29, 0.717) is 0 Å². The second-order valence-corrected chi connectivity index (χ2v) is 1.20. The van der Waals surface area contributed by atoms with E-state index in [4.69, 9.17) is 15.4 Å². The average Bonchev–Trinajstić information content (AvgIpc) is 1.69. The number of nitrogens with one attached hydrogen (secondary N) is 1. The highest BCUT2D eigenvalue weighted by Crippen LogP contribution is 1.76. The zero-order valence-electron chi connectivity index (χ0n) is 4.03. The topological polar surface area (TPSA) is 89.8 Å². The number of rotatable bonds is 3. The molecule has 0 bridgehead atoms. The van der Waals surface area contributed by atoms with Crippen LogP contribution in [-0.2, 0) is 4.79 Å². The molecule has 0 aliphatic rings. The molecule has 4 N–H and O–H groups in total. The van der Waals surface area contributed by atoms with Crippen LogP contribution in [0.2, 0.25) is 0 Å². The van der Waals surface area contributed by atoms with Crippen LogP contribution in [0.25, 0.3) is 0 Å². The predicted molar refractivity (Wildman–Crippen MR) is 23.4 cm³/mol. The average molecular weight is 121 g/mol. The van der Waals surface area contributed by atoms with Crippen LogP contribution in [-0.4, -0.2) is 34.0 Å². The Hall–Kier alpha value is -0.650. The van der Waals surface area contributed by atoms with Gasteiger partial charge in [0.15, 0.2) is 6.04 Å². The van der Waals surface area contributed by atoms with Gasteiger partial charge in [-0.1, -0.05) is 0 Å². The van der Waals surface area contributed by atoms with Crippen LogP contribution in [0.1, 0.15) is 0 Å². The summed E-state index contributed by atoms with van der Waals surface area (Å²) in [6.07, 6.45) is 0. The van der Waals surface area contributed by atoms with Gasteiger partial charge in [-0.25, -0.2) is 0 Å². The number of aliphatic hydroxyl groups is 1. The molecule has 0 unspecified atom stereocenters. The lowest BCUT2D eigenvalue weighted by Crippen LogP contribution is -2.37. The van der Waals surface area contributed by atoms with Crippen molar-refractivity contribution in [3.05, 3.63) is 0 Å². The largest absolute Gasteiger partial charge is 0.480 e. The number of hydrogen-bond donors (Lipinski definition) is 4. The summed E-state index contributed by atoms with van der Waals surface area (Å²) in [6.45, 7) is -0.619.